The summed E-state index contributed by atoms with van der Waals surface area (Å²) in [5.41, 5.74) is 0.455. The highest BCUT2D eigenvalue weighted by atomic mass is 19.1. The van der Waals surface area contributed by atoms with Crippen LogP contribution in [0.3, 0.4) is 0 Å². The number of aryl methyl sites for hydroxylation is 2. The summed E-state index contributed by atoms with van der Waals surface area (Å²) in [5.74, 6) is 1.07. The third kappa shape index (κ3) is 2.30. The number of imidazole rings is 1. The van der Waals surface area contributed by atoms with Gasteiger partial charge in [0.15, 0.2) is 11.6 Å². The van der Waals surface area contributed by atoms with Crippen molar-refractivity contribution in [3.63, 3.8) is 0 Å². The van der Waals surface area contributed by atoms with Gasteiger partial charge in [0.05, 0.1) is 5.69 Å². The second kappa shape index (κ2) is 4.95. The second-order valence-corrected chi connectivity index (χ2v) is 4.71. The van der Waals surface area contributed by atoms with Crippen molar-refractivity contribution in [1.82, 2.24) is 19.5 Å². The van der Waals surface area contributed by atoms with Gasteiger partial charge in [0.2, 0.25) is 0 Å². The molecular formula is C13H16FN5. The van der Waals surface area contributed by atoms with Crippen molar-refractivity contribution in [3.05, 3.63) is 36.1 Å². The largest absolute Gasteiger partial charge is 0.363 e. The molecule has 1 aliphatic heterocycles. The molecule has 2 aromatic rings. The van der Waals surface area contributed by atoms with Crippen LogP contribution < -0.4 is 5.32 Å². The van der Waals surface area contributed by atoms with E-state index in [9.17, 15) is 4.39 Å². The molecule has 0 bridgehead atoms. The predicted molar refractivity (Wildman–Crippen MR) is 69.3 cm³/mol. The third-order valence-corrected chi connectivity index (χ3v) is 3.47. The molecule has 100 valence electrons. The second-order valence-electron chi connectivity index (χ2n) is 4.71. The monoisotopic (exact) mass is 261 g/mol. The average molecular weight is 261 g/mol. The predicted octanol–water partition coefficient (Wildman–Crippen LogP) is 1.80. The first-order chi connectivity index (χ1) is 9.28. The number of fused-ring (bicyclic) bond motifs is 1. The number of anilines is 1. The maximum atomic E-state index is 14.1. The lowest BCUT2D eigenvalue weighted by atomic mass is 10.1. The fourth-order valence-electron chi connectivity index (χ4n) is 2.43. The molecule has 1 aliphatic rings. The molecule has 0 saturated heterocycles. The highest BCUT2D eigenvalue weighted by Gasteiger charge is 2.20. The molecule has 0 fully saturated rings. The van der Waals surface area contributed by atoms with Crippen LogP contribution in [0.4, 0.5) is 10.2 Å². The average Bonchev–Trinajstić information content (AvgIpc) is 2.88. The smallest absolute Gasteiger partial charge is 0.186 e. The third-order valence-electron chi connectivity index (χ3n) is 3.47. The Bertz CT molecular complexity index is 580. The Kier molecular flexibility index (Phi) is 3.15. The van der Waals surface area contributed by atoms with Gasteiger partial charge in [0.25, 0.3) is 0 Å². The number of hydrogen-bond donors (Lipinski definition) is 1. The Balaban J connectivity index is 1.76. The zero-order chi connectivity index (χ0) is 13.2. The maximum absolute atomic E-state index is 14.1. The van der Waals surface area contributed by atoms with Crippen molar-refractivity contribution in [2.45, 2.75) is 38.8 Å². The number of hydrogen-bond acceptors (Lipinski definition) is 4. The van der Waals surface area contributed by atoms with Gasteiger partial charge in [-0.05, 0) is 12.8 Å². The van der Waals surface area contributed by atoms with Crippen molar-refractivity contribution >= 4 is 5.82 Å². The molecule has 0 saturated carbocycles. The van der Waals surface area contributed by atoms with E-state index in [2.05, 4.69) is 24.8 Å². The fraction of sp³-hybridized carbons (Fsp3) is 0.462. The van der Waals surface area contributed by atoms with Crippen molar-refractivity contribution in [2.24, 2.45) is 0 Å². The number of nitrogens with zero attached hydrogens (tertiary/aromatic N) is 4. The van der Waals surface area contributed by atoms with Gasteiger partial charge < -0.3 is 9.88 Å². The van der Waals surface area contributed by atoms with Crippen LogP contribution in [0.25, 0.3) is 0 Å². The summed E-state index contributed by atoms with van der Waals surface area (Å²) >= 11 is 0. The minimum Gasteiger partial charge on any atom is -0.363 e. The van der Waals surface area contributed by atoms with Crippen LogP contribution in [0, 0.1) is 5.82 Å². The molecule has 3 rings (SSSR count). The van der Waals surface area contributed by atoms with Crippen LogP contribution in [0.15, 0.2) is 18.7 Å². The van der Waals surface area contributed by atoms with E-state index in [-0.39, 0.29) is 11.9 Å². The summed E-state index contributed by atoms with van der Waals surface area (Å²) in [7, 11) is 0. The van der Waals surface area contributed by atoms with E-state index in [1.807, 2.05) is 13.1 Å². The van der Waals surface area contributed by atoms with Crippen LogP contribution in [0.2, 0.25) is 0 Å². The van der Waals surface area contributed by atoms with Crippen molar-refractivity contribution in [1.29, 1.82) is 0 Å². The minimum atomic E-state index is -0.332. The van der Waals surface area contributed by atoms with Gasteiger partial charge in [0, 0.05) is 31.4 Å². The molecule has 0 aliphatic carbocycles. The van der Waals surface area contributed by atoms with E-state index in [1.165, 1.54) is 6.33 Å². The Labute approximate surface area is 110 Å². The number of halogens is 1. The summed E-state index contributed by atoms with van der Waals surface area (Å²) in [6.45, 7) is 2.67. The quantitative estimate of drug-likeness (QED) is 0.915. The highest BCUT2D eigenvalue weighted by Crippen LogP contribution is 2.19. The topological polar surface area (TPSA) is 55.6 Å². The standard InChI is InChI=1S/C13H16FN5/c1-2-10-12(14)13(17-8-16-10)18-9-3-4-11-15-5-6-19(11)7-9/h5-6,8-9H,2-4,7H2,1H3,(H,16,17,18). The SMILES string of the molecule is CCc1ncnc(NC2CCc3nccn3C2)c1F. The number of aromatic nitrogens is 4. The van der Waals surface area contributed by atoms with E-state index in [4.69, 9.17) is 0 Å². The van der Waals surface area contributed by atoms with E-state index >= 15 is 0 Å². The molecule has 1 atom stereocenters. The summed E-state index contributed by atoms with van der Waals surface area (Å²) in [6, 6.07) is 0.177. The number of nitrogens with one attached hydrogen (secondary N) is 1. The summed E-state index contributed by atoms with van der Waals surface area (Å²) in [4.78, 5) is 12.2. The first kappa shape index (κ1) is 12.1. The van der Waals surface area contributed by atoms with E-state index in [0.29, 0.717) is 17.9 Å². The van der Waals surface area contributed by atoms with E-state index < -0.39 is 0 Å². The maximum Gasteiger partial charge on any atom is 0.186 e. The summed E-state index contributed by atoms with van der Waals surface area (Å²) in [6.07, 6.45) is 7.57. The zero-order valence-corrected chi connectivity index (χ0v) is 10.8. The van der Waals surface area contributed by atoms with Crippen LogP contribution >= 0.6 is 0 Å². The molecule has 1 unspecified atom stereocenters. The lowest BCUT2D eigenvalue weighted by Gasteiger charge is -2.25. The summed E-state index contributed by atoms with van der Waals surface area (Å²) < 4.78 is 16.2. The van der Waals surface area contributed by atoms with Crippen LogP contribution in [0.5, 0.6) is 0 Å². The molecule has 3 heterocycles. The van der Waals surface area contributed by atoms with E-state index in [0.717, 1.165) is 25.2 Å². The Morgan fingerprint density at radius 3 is 3.16 bits per heavy atom. The molecule has 6 heteroatoms. The van der Waals surface area contributed by atoms with Gasteiger partial charge in [-0.25, -0.2) is 19.3 Å². The van der Waals surface area contributed by atoms with Crippen molar-refractivity contribution < 1.29 is 4.39 Å². The molecule has 0 spiro atoms. The van der Waals surface area contributed by atoms with Gasteiger partial charge in [-0.15, -0.1) is 0 Å². The zero-order valence-electron chi connectivity index (χ0n) is 10.8. The molecule has 1 N–H and O–H groups in total. The molecule has 5 nitrogen and oxygen atoms in total. The molecule has 0 radical (unpaired) electrons. The van der Waals surface area contributed by atoms with Gasteiger partial charge in [-0.3, -0.25) is 0 Å². The first-order valence-electron chi connectivity index (χ1n) is 6.54. The Morgan fingerprint density at radius 1 is 1.42 bits per heavy atom. The van der Waals surface area contributed by atoms with Gasteiger partial charge in [-0.2, -0.15) is 0 Å². The first-order valence-corrected chi connectivity index (χ1v) is 6.54. The van der Waals surface area contributed by atoms with E-state index in [1.54, 1.807) is 6.20 Å². The molecule has 0 aromatic carbocycles. The number of rotatable bonds is 3. The minimum absolute atomic E-state index is 0.177. The molecule has 0 amide bonds. The Hall–Kier alpha value is -1.98. The Morgan fingerprint density at radius 2 is 2.32 bits per heavy atom. The van der Waals surface area contributed by atoms with Crippen LogP contribution in [0.1, 0.15) is 24.9 Å². The van der Waals surface area contributed by atoms with Gasteiger partial charge in [0.1, 0.15) is 12.2 Å². The fourth-order valence-corrected chi connectivity index (χ4v) is 2.43. The van der Waals surface area contributed by atoms with Crippen molar-refractivity contribution in [2.75, 3.05) is 5.32 Å². The molecule has 2 aromatic heterocycles. The normalized spacial score (nSPS) is 18.1. The van der Waals surface area contributed by atoms with Gasteiger partial charge >= 0.3 is 0 Å². The van der Waals surface area contributed by atoms with Crippen molar-refractivity contribution in [3.8, 4) is 0 Å². The lowest BCUT2D eigenvalue weighted by molar-refractivity contribution is 0.471. The summed E-state index contributed by atoms with van der Waals surface area (Å²) in [5, 5.41) is 3.18. The molecular weight excluding hydrogens is 245 g/mol. The molecule has 19 heavy (non-hydrogen) atoms. The lowest BCUT2D eigenvalue weighted by Crippen LogP contribution is -2.32. The highest BCUT2D eigenvalue weighted by molar-refractivity contribution is 5.38. The van der Waals surface area contributed by atoms with Crippen LogP contribution in [-0.2, 0) is 19.4 Å². The van der Waals surface area contributed by atoms with Gasteiger partial charge in [-0.1, -0.05) is 6.92 Å². The van der Waals surface area contributed by atoms with Crippen LogP contribution in [-0.4, -0.2) is 25.6 Å².